The molecule has 2 aliphatic rings. The topological polar surface area (TPSA) is 3.24 Å². The fourth-order valence-corrected chi connectivity index (χ4v) is 20.4. The van der Waals surface area contributed by atoms with Crippen molar-refractivity contribution in [3.05, 3.63) is 200 Å². The van der Waals surface area contributed by atoms with Gasteiger partial charge in [0.2, 0.25) is 0 Å². The van der Waals surface area contributed by atoms with Crippen LogP contribution in [0, 0.1) is 0 Å². The summed E-state index contributed by atoms with van der Waals surface area (Å²) in [6.45, 7) is 0. The molecule has 2 aliphatic heterocycles. The van der Waals surface area contributed by atoms with E-state index in [2.05, 4.69) is 205 Å². The summed E-state index contributed by atoms with van der Waals surface area (Å²) in [6.07, 6.45) is 0. The molecule has 234 valence electrons. The first-order chi connectivity index (χ1) is 24.8. The quantitative estimate of drug-likeness (QED) is 0.162. The van der Waals surface area contributed by atoms with Crippen LogP contribution in [0.15, 0.2) is 200 Å². The Kier molecular flexibility index (Phi) is 6.75. The van der Waals surface area contributed by atoms with Gasteiger partial charge in [0.1, 0.15) is 0 Å². The monoisotopic (exact) mass is 697 g/mol. The molecule has 0 saturated carbocycles. The van der Waals surface area contributed by atoms with Crippen LogP contribution in [0.3, 0.4) is 0 Å². The van der Waals surface area contributed by atoms with Gasteiger partial charge in [0.15, 0.2) is 0 Å². The molecule has 0 atom stereocenters. The van der Waals surface area contributed by atoms with Gasteiger partial charge in [-0.1, -0.05) is 0 Å². The average Bonchev–Trinajstić information content (AvgIpc) is 3.66. The van der Waals surface area contributed by atoms with E-state index in [1.807, 2.05) is 0 Å². The van der Waals surface area contributed by atoms with Gasteiger partial charge in [-0.05, 0) is 0 Å². The molecule has 0 aliphatic carbocycles. The van der Waals surface area contributed by atoms with E-state index in [-0.39, 0.29) is 0 Å². The molecule has 0 unspecified atom stereocenters. The molecule has 2 heteroatoms. The number of nitrogens with zero attached hydrogens (tertiary/aromatic N) is 1. The van der Waals surface area contributed by atoms with Crippen molar-refractivity contribution in [1.82, 2.24) is 0 Å². The number of hydrogen-bond donors (Lipinski definition) is 0. The molecular weight excluding hydrogens is 663 g/mol. The summed E-state index contributed by atoms with van der Waals surface area (Å²) in [5, 5.41) is 0. The van der Waals surface area contributed by atoms with Crippen molar-refractivity contribution in [2.24, 2.45) is 0 Å². The van der Waals surface area contributed by atoms with E-state index >= 15 is 0 Å². The SMILES string of the molecule is c1ccc(-c2ccc(N(c3ccc4[c](c3)[Ge]3([c]5ccccc5-c5cccc[c]53)[c]3ccccc3-4)c3ccccc3-c3ccccc3)cc2)cc1. The first kappa shape index (κ1) is 29.1. The van der Waals surface area contributed by atoms with Crippen molar-refractivity contribution < 1.29 is 0 Å². The first-order valence-corrected chi connectivity index (χ1v) is 21.6. The third-order valence-corrected chi connectivity index (χ3v) is 21.1. The Morgan fingerprint density at radius 1 is 0.280 bits per heavy atom. The summed E-state index contributed by atoms with van der Waals surface area (Å²) in [5.41, 5.74) is 13.9. The van der Waals surface area contributed by atoms with Crippen LogP contribution in [-0.4, -0.2) is 13.3 Å². The maximum atomic E-state index is 2.56. The van der Waals surface area contributed by atoms with Crippen LogP contribution in [0.5, 0.6) is 0 Å². The van der Waals surface area contributed by atoms with Crippen LogP contribution < -0.4 is 22.5 Å². The van der Waals surface area contributed by atoms with Gasteiger partial charge in [0.25, 0.3) is 0 Å². The third kappa shape index (κ3) is 4.27. The second kappa shape index (κ2) is 11.6. The summed E-state index contributed by atoms with van der Waals surface area (Å²) in [6, 6.07) is 74.3. The van der Waals surface area contributed by atoms with Gasteiger partial charge < -0.3 is 0 Å². The fourth-order valence-electron chi connectivity index (χ4n) is 8.61. The summed E-state index contributed by atoms with van der Waals surface area (Å²) in [7, 11) is 0. The summed E-state index contributed by atoms with van der Waals surface area (Å²) in [4.78, 5) is 2.48. The molecule has 1 spiro atoms. The maximum absolute atomic E-state index is 3.35. The summed E-state index contributed by atoms with van der Waals surface area (Å²) < 4.78 is 6.14. The molecule has 50 heavy (non-hydrogen) atoms. The molecule has 0 aromatic heterocycles. The molecule has 0 fully saturated rings. The van der Waals surface area contributed by atoms with Crippen molar-refractivity contribution in [3.63, 3.8) is 0 Å². The zero-order valence-electron chi connectivity index (χ0n) is 27.5. The molecule has 1 nitrogen and oxygen atoms in total. The normalized spacial score (nSPS) is 13.0. The van der Waals surface area contributed by atoms with Gasteiger partial charge in [0.05, 0.1) is 0 Å². The van der Waals surface area contributed by atoms with Crippen molar-refractivity contribution in [2.75, 3.05) is 4.90 Å². The molecule has 0 bridgehead atoms. The molecule has 2 heterocycles. The van der Waals surface area contributed by atoms with Gasteiger partial charge in [-0.3, -0.25) is 0 Å². The van der Waals surface area contributed by atoms with Crippen LogP contribution >= 0.6 is 0 Å². The number of para-hydroxylation sites is 1. The van der Waals surface area contributed by atoms with Crippen molar-refractivity contribution in [2.45, 2.75) is 0 Å². The Balaban J connectivity index is 1.23. The van der Waals surface area contributed by atoms with E-state index in [0.29, 0.717) is 0 Å². The number of fused-ring (bicyclic) bond motifs is 10. The Hall–Kier alpha value is -5.90. The summed E-state index contributed by atoms with van der Waals surface area (Å²) in [5.74, 6) is 0. The predicted octanol–water partition coefficient (Wildman–Crippen LogP) is 9.83. The van der Waals surface area contributed by atoms with E-state index in [0.717, 1.165) is 11.4 Å². The van der Waals surface area contributed by atoms with Crippen molar-refractivity contribution in [1.29, 1.82) is 0 Å². The predicted molar refractivity (Wildman–Crippen MR) is 214 cm³/mol. The van der Waals surface area contributed by atoms with Crippen LogP contribution in [0.4, 0.5) is 17.1 Å². The molecular formula is C48H33GeN. The molecule has 0 radical (unpaired) electrons. The Bertz CT molecular complexity index is 2470. The van der Waals surface area contributed by atoms with Gasteiger partial charge in [-0.25, -0.2) is 0 Å². The number of hydrogen-bond acceptors (Lipinski definition) is 1. The average molecular weight is 696 g/mol. The zero-order valence-corrected chi connectivity index (χ0v) is 29.6. The van der Waals surface area contributed by atoms with Gasteiger partial charge in [-0.2, -0.15) is 0 Å². The second-order valence-electron chi connectivity index (χ2n) is 13.2. The minimum absolute atomic E-state index is 1.14. The summed E-state index contributed by atoms with van der Waals surface area (Å²) >= 11 is -3.35. The zero-order chi connectivity index (χ0) is 33.1. The Labute approximate surface area is 296 Å². The van der Waals surface area contributed by atoms with E-state index < -0.39 is 13.3 Å². The number of anilines is 3. The van der Waals surface area contributed by atoms with Gasteiger partial charge in [0, 0.05) is 0 Å². The minimum atomic E-state index is -3.35. The van der Waals surface area contributed by atoms with Crippen LogP contribution in [0.25, 0.3) is 44.5 Å². The Morgan fingerprint density at radius 2 is 0.700 bits per heavy atom. The molecule has 8 aromatic carbocycles. The third-order valence-electron chi connectivity index (χ3n) is 10.7. The molecule has 10 rings (SSSR count). The van der Waals surface area contributed by atoms with E-state index in [1.54, 1.807) is 13.2 Å². The van der Waals surface area contributed by atoms with Crippen molar-refractivity contribution >= 4 is 47.9 Å². The molecule has 0 saturated heterocycles. The van der Waals surface area contributed by atoms with Crippen LogP contribution in [0.1, 0.15) is 0 Å². The van der Waals surface area contributed by atoms with Gasteiger partial charge >= 0.3 is 298 Å². The van der Waals surface area contributed by atoms with Crippen LogP contribution in [0.2, 0.25) is 0 Å². The Morgan fingerprint density at radius 3 is 1.28 bits per heavy atom. The molecule has 0 amide bonds. The number of rotatable bonds is 5. The van der Waals surface area contributed by atoms with E-state index in [1.165, 1.54) is 54.6 Å². The van der Waals surface area contributed by atoms with Gasteiger partial charge in [-0.15, -0.1) is 0 Å². The van der Waals surface area contributed by atoms with E-state index in [4.69, 9.17) is 0 Å². The fraction of sp³-hybridized carbons (Fsp3) is 0. The van der Waals surface area contributed by atoms with Crippen molar-refractivity contribution in [3.8, 4) is 44.5 Å². The standard InChI is InChI=1S/C48H33GeN/c1-3-15-34(16-4-1)35-27-29-37(30-28-35)50(48-26-14-10-19-39(48)36-17-5-2-6-18-36)38-31-32-43-42-22-9-13-25-46(42)49(47(43)33-38)44-23-11-7-20-40(44)41-21-8-12-24-45(41)49/h1-33H. The first-order valence-electron chi connectivity index (χ1n) is 17.4. The second-order valence-corrected chi connectivity index (χ2v) is 20.9. The van der Waals surface area contributed by atoms with Crippen LogP contribution in [-0.2, 0) is 0 Å². The van der Waals surface area contributed by atoms with E-state index in [9.17, 15) is 0 Å². The number of benzene rings is 8. The molecule has 0 N–H and O–H groups in total. The molecule has 8 aromatic rings.